The number of rotatable bonds is 4. The number of amides is 1. The lowest BCUT2D eigenvalue weighted by Gasteiger charge is -2.04. The molecule has 116 valence electrons. The lowest BCUT2D eigenvalue weighted by Crippen LogP contribution is -2.24. The van der Waals surface area contributed by atoms with E-state index in [1.54, 1.807) is 12.4 Å². The van der Waals surface area contributed by atoms with Crippen LogP contribution in [0.4, 0.5) is 8.78 Å². The molecule has 0 spiro atoms. The van der Waals surface area contributed by atoms with Crippen LogP contribution in [0.2, 0.25) is 0 Å². The van der Waals surface area contributed by atoms with Crippen molar-refractivity contribution in [1.29, 1.82) is 0 Å². The van der Waals surface area contributed by atoms with Gasteiger partial charge in [-0.3, -0.25) is 9.78 Å². The zero-order valence-electron chi connectivity index (χ0n) is 11.8. The van der Waals surface area contributed by atoms with Crippen molar-refractivity contribution in [3.63, 3.8) is 0 Å². The summed E-state index contributed by atoms with van der Waals surface area (Å²) in [5.41, 5.74) is 1.40. The van der Waals surface area contributed by atoms with Crippen molar-refractivity contribution in [2.75, 3.05) is 0 Å². The van der Waals surface area contributed by atoms with E-state index < -0.39 is 17.5 Å². The number of hydrogen-bond acceptors (Lipinski definition) is 4. The van der Waals surface area contributed by atoms with Crippen LogP contribution in [0.25, 0.3) is 10.6 Å². The number of aromatic nitrogens is 2. The standard InChI is InChI=1S/C16H11F2N3OS/c17-11-1-2-13(14(18)7-11)15(22)20-8-12-9-23-16(21-12)10-3-5-19-6-4-10/h1-7,9H,8H2,(H,20,22). The summed E-state index contributed by atoms with van der Waals surface area (Å²) in [6.07, 6.45) is 3.35. The minimum atomic E-state index is -0.891. The second-order valence-corrected chi connectivity index (χ2v) is 5.54. The summed E-state index contributed by atoms with van der Waals surface area (Å²) >= 11 is 1.44. The molecule has 1 aromatic carbocycles. The molecule has 0 bridgehead atoms. The normalized spacial score (nSPS) is 10.5. The minimum absolute atomic E-state index is 0.164. The molecule has 2 heterocycles. The number of hydrogen-bond donors (Lipinski definition) is 1. The molecule has 7 heteroatoms. The third kappa shape index (κ3) is 3.57. The molecule has 0 aliphatic carbocycles. The fourth-order valence-corrected chi connectivity index (χ4v) is 2.78. The molecule has 1 N–H and O–H groups in total. The van der Waals surface area contributed by atoms with Gasteiger partial charge < -0.3 is 5.32 Å². The first-order chi connectivity index (χ1) is 11.1. The predicted molar refractivity (Wildman–Crippen MR) is 82.9 cm³/mol. The van der Waals surface area contributed by atoms with Gasteiger partial charge in [0.25, 0.3) is 5.91 Å². The van der Waals surface area contributed by atoms with Crippen LogP contribution in [0.15, 0.2) is 48.1 Å². The number of thiazole rings is 1. The summed E-state index contributed by atoms with van der Waals surface area (Å²) in [7, 11) is 0. The third-order valence-electron chi connectivity index (χ3n) is 3.08. The Balaban J connectivity index is 1.67. The Morgan fingerprint density at radius 1 is 1.17 bits per heavy atom. The Hall–Kier alpha value is -2.67. The van der Waals surface area contributed by atoms with Gasteiger partial charge in [0.2, 0.25) is 0 Å². The lowest BCUT2D eigenvalue weighted by atomic mass is 10.2. The highest BCUT2D eigenvalue weighted by molar-refractivity contribution is 7.13. The average Bonchev–Trinajstić information content (AvgIpc) is 3.02. The van der Waals surface area contributed by atoms with Crippen LogP contribution < -0.4 is 5.32 Å². The van der Waals surface area contributed by atoms with E-state index in [0.717, 1.165) is 22.7 Å². The second-order valence-electron chi connectivity index (χ2n) is 4.69. The van der Waals surface area contributed by atoms with Gasteiger partial charge in [0.15, 0.2) is 0 Å². The zero-order chi connectivity index (χ0) is 16.2. The molecular weight excluding hydrogens is 320 g/mol. The van der Waals surface area contributed by atoms with Crippen molar-refractivity contribution < 1.29 is 13.6 Å². The zero-order valence-corrected chi connectivity index (χ0v) is 12.6. The third-order valence-corrected chi connectivity index (χ3v) is 4.03. The maximum atomic E-state index is 13.5. The van der Waals surface area contributed by atoms with Crippen molar-refractivity contribution in [2.45, 2.75) is 6.54 Å². The van der Waals surface area contributed by atoms with Gasteiger partial charge in [-0.1, -0.05) is 0 Å². The van der Waals surface area contributed by atoms with E-state index in [1.165, 1.54) is 11.3 Å². The van der Waals surface area contributed by atoms with Gasteiger partial charge in [-0.25, -0.2) is 13.8 Å². The molecule has 23 heavy (non-hydrogen) atoms. The first kappa shape index (κ1) is 15.2. The number of carbonyl (C=O) groups is 1. The molecule has 1 amide bonds. The Kier molecular flexibility index (Phi) is 4.38. The average molecular weight is 331 g/mol. The SMILES string of the molecule is O=C(NCc1csc(-c2ccncc2)n1)c1ccc(F)cc1F. The first-order valence-corrected chi connectivity index (χ1v) is 7.59. The highest BCUT2D eigenvalue weighted by atomic mass is 32.1. The van der Waals surface area contributed by atoms with E-state index in [1.807, 2.05) is 17.5 Å². The molecule has 0 radical (unpaired) electrons. The Bertz CT molecular complexity index is 836. The number of nitrogens with zero attached hydrogens (tertiary/aromatic N) is 2. The van der Waals surface area contributed by atoms with E-state index in [9.17, 15) is 13.6 Å². The van der Waals surface area contributed by atoms with E-state index in [2.05, 4.69) is 15.3 Å². The first-order valence-electron chi connectivity index (χ1n) is 6.71. The van der Waals surface area contributed by atoms with Crippen LogP contribution in [0.5, 0.6) is 0 Å². The van der Waals surface area contributed by atoms with E-state index in [-0.39, 0.29) is 12.1 Å². The Labute approximate surface area is 134 Å². The van der Waals surface area contributed by atoms with E-state index in [0.29, 0.717) is 11.8 Å². The molecule has 0 saturated carbocycles. The van der Waals surface area contributed by atoms with Crippen LogP contribution in [0, 0.1) is 11.6 Å². The van der Waals surface area contributed by atoms with Crippen molar-refractivity contribution in [2.24, 2.45) is 0 Å². The summed E-state index contributed by atoms with van der Waals surface area (Å²) in [5.74, 6) is -2.22. The summed E-state index contributed by atoms with van der Waals surface area (Å²) < 4.78 is 26.4. The molecule has 3 rings (SSSR count). The number of benzene rings is 1. The van der Waals surface area contributed by atoms with Crippen LogP contribution >= 0.6 is 11.3 Å². The molecule has 0 saturated heterocycles. The molecule has 4 nitrogen and oxygen atoms in total. The summed E-state index contributed by atoms with van der Waals surface area (Å²) in [6.45, 7) is 0.164. The monoisotopic (exact) mass is 331 g/mol. The van der Waals surface area contributed by atoms with Crippen LogP contribution in [0.1, 0.15) is 16.1 Å². The fourth-order valence-electron chi connectivity index (χ4n) is 1.95. The number of halogens is 2. The maximum Gasteiger partial charge on any atom is 0.254 e. The molecule has 0 aliphatic rings. The highest BCUT2D eigenvalue weighted by Crippen LogP contribution is 2.22. The predicted octanol–water partition coefficient (Wildman–Crippen LogP) is 3.41. The van der Waals surface area contributed by atoms with Gasteiger partial charge in [-0.2, -0.15) is 0 Å². The van der Waals surface area contributed by atoms with Gasteiger partial charge in [-0.15, -0.1) is 11.3 Å². The van der Waals surface area contributed by atoms with Crippen molar-refractivity contribution in [3.05, 3.63) is 71.0 Å². The fraction of sp³-hybridized carbons (Fsp3) is 0.0625. The summed E-state index contributed by atoms with van der Waals surface area (Å²) in [6, 6.07) is 6.52. The van der Waals surface area contributed by atoms with E-state index in [4.69, 9.17) is 0 Å². The van der Waals surface area contributed by atoms with Crippen LogP contribution in [-0.2, 0) is 6.54 Å². The molecule has 3 aromatic rings. The van der Waals surface area contributed by atoms with Crippen LogP contribution in [-0.4, -0.2) is 15.9 Å². The quantitative estimate of drug-likeness (QED) is 0.797. The number of pyridine rings is 1. The molecule has 2 aromatic heterocycles. The van der Waals surface area contributed by atoms with Gasteiger partial charge in [-0.05, 0) is 24.3 Å². The van der Waals surface area contributed by atoms with Gasteiger partial charge in [0, 0.05) is 29.4 Å². The second kappa shape index (κ2) is 6.62. The van der Waals surface area contributed by atoms with Gasteiger partial charge in [0.05, 0.1) is 17.8 Å². The van der Waals surface area contributed by atoms with Crippen molar-refractivity contribution in [3.8, 4) is 10.6 Å². The number of nitrogens with one attached hydrogen (secondary N) is 1. The number of carbonyl (C=O) groups excluding carboxylic acids is 1. The molecule has 0 aliphatic heterocycles. The lowest BCUT2D eigenvalue weighted by molar-refractivity contribution is 0.0946. The smallest absolute Gasteiger partial charge is 0.254 e. The molecule has 0 unspecified atom stereocenters. The highest BCUT2D eigenvalue weighted by Gasteiger charge is 2.13. The molecule has 0 fully saturated rings. The van der Waals surface area contributed by atoms with Crippen LogP contribution in [0.3, 0.4) is 0 Å². The van der Waals surface area contributed by atoms with Crippen molar-refractivity contribution in [1.82, 2.24) is 15.3 Å². The topological polar surface area (TPSA) is 54.9 Å². The minimum Gasteiger partial charge on any atom is -0.346 e. The Morgan fingerprint density at radius 3 is 2.70 bits per heavy atom. The maximum absolute atomic E-state index is 13.5. The van der Waals surface area contributed by atoms with Gasteiger partial charge in [0.1, 0.15) is 16.6 Å². The summed E-state index contributed by atoms with van der Waals surface area (Å²) in [4.78, 5) is 20.3. The van der Waals surface area contributed by atoms with Crippen molar-refractivity contribution >= 4 is 17.2 Å². The van der Waals surface area contributed by atoms with Gasteiger partial charge >= 0.3 is 0 Å². The Morgan fingerprint density at radius 2 is 1.96 bits per heavy atom. The molecular formula is C16H11F2N3OS. The summed E-state index contributed by atoms with van der Waals surface area (Å²) in [5, 5.41) is 5.20. The van der Waals surface area contributed by atoms with E-state index >= 15 is 0 Å². The largest absolute Gasteiger partial charge is 0.346 e. The molecule has 0 atom stereocenters.